The summed E-state index contributed by atoms with van der Waals surface area (Å²) >= 11 is 0. The van der Waals surface area contributed by atoms with Crippen LogP contribution in [0.25, 0.3) is 0 Å². The van der Waals surface area contributed by atoms with E-state index in [-0.39, 0.29) is 0 Å². The summed E-state index contributed by atoms with van der Waals surface area (Å²) in [6, 6.07) is 4.35. The Balaban J connectivity index is 2.24. The number of rotatable bonds is 3. The number of alkyl halides is 3. The molecule has 0 saturated carbocycles. The molecule has 1 aliphatic rings. The van der Waals surface area contributed by atoms with Crippen molar-refractivity contribution in [2.75, 3.05) is 24.5 Å². The predicted molar refractivity (Wildman–Crippen MR) is 79.6 cm³/mol. The second-order valence-corrected chi connectivity index (χ2v) is 5.89. The van der Waals surface area contributed by atoms with Gasteiger partial charge in [-0.25, -0.2) is 0 Å². The fourth-order valence-corrected chi connectivity index (χ4v) is 2.79. The Kier molecular flexibility index (Phi) is 4.81. The van der Waals surface area contributed by atoms with Gasteiger partial charge in [0.2, 0.25) is 0 Å². The molecule has 1 aromatic rings. The number of hydrogen-bond acceptors (Lipinski definition) is 2. The molecule has 0 spiro atoms. The van der Waals surface area contributed by atoms with E-state index in [0.717, 1.165) is 37.7 Å². The summed E-state index contributed by atoms with van der Waals surface area (Å²) in [6.45, 7) is 8.51. The van der Waals surface area contributed by atoms with Crippen LogP contribution in [0.5, 0.6) is 0 Å². The molecule has 118 valence electrons. The largest absolute Gasteiger partial charge is 0.416 e. The molecular formula is C16H23F3N2. The normalized spacial score (nSPS) is 21.4. The molecule has 0 aromatic heterocycles. The van der Waals surface area contributed by atoms with Gasteiger partial charge in [-0.05, 0) is 30.5 Å². The van der Waals surface area contributed by atoms with E-state index in [9.17, 15) is 13.2 Å². The second kappa shape index (κ2) is 6.26. The van der Waals surface area contributed by atoms with Crippen LogP contribution in [-0.4, -0.2) is 25.7 Å². The van der Waals surface area contributed by atoms with Crippen LogP contribution in [0.3, 0.4) is 0 Å². The van der Waals surface area contributed by atoms with Crippen LogP contribution >= 0.6 is 0 Å². The van der Waals surface area contributed by atoms with Crippen LogP contribution in [-0.2, 0) is 6.18 Å². The van der Waals surface area contributed by atoms with Gasteiger partial charge in [-0.1, -0.05) is 26.3 Å². The van der Waals surface area contributed by atoms with E-state index < -0.39 is 11.7 Å². The lowest BCUT2D eigenvalue weighted by atomic mass is 9.96. The summed E-state index contributed by atoms with van der Waals surface area (Å²) in [6.07, 6.45) is -3.22. The van der Waals surface area contributed by atoms with Gasteiger partial charge < -0.3 is 10.2 Å². The molecule has 1 aliphatic heterocycles. The molecule has 1 fully saturated rings. The lowest BCUT2D eigenvalue weighted by Crippen LogP contribution is -2.53. The number of aryl methyl sites for hydroxylation is 1. The van der Waals surface area contributed by atoms with E-state index in [0.29, 0.717) is 17.6 Å². The van der Waals surface area contributed by atoms with Crippen LogP contribution in [0, 0.1) is 12.8 Å². The highest BCUT2D eigenvalue weighted by Gasteiger charge is 2.32. The molecule has 0 bridgehead atoms. The summed E-state index contributed by atoms with van der Waals surface area (Å²) in [5.74, 6) is 0.513. The van der Waals surface area contributed by atoms with Crippen molar-refractivity contribution in [1.82, 2.24) is 5.32 Å². The van der Waals surface area contributed by atoms with E-state index >= 15 is 0 Å². The van der Waals surface area contributed by atoms with Crippen molar-refractivity contribution < 1.29 is 13.2 Å². The van der Waals surface area contributed by atoms with Gasteiger partial charge in [-0.3, -0.25) is 0 Å². The minimum atomic E-state index is -4.29. The third kappa shape index (κ3) is 3.70. The van der Waals surface area contributed by atoms with Crippen molar-refractivity contribution in [3.8, 4) is 0 Å². The molecule has 1 saturated heterocycles. The van der Waals surface area contributed by atoms with Crippen LogP contribution in [0.15, 0.2) is 18.2 Å². The Morgan fingerprint density at radius 3 is 2.71 bits per heavy atom. The van der Waals surface area contributed by atoms with Gasteiger partial charge in [0.15, 0.2) is 0 Å². The standard InChI is InChI=1S/C16H23F3N2/c1-4-11(2)14-10-21(8-7-20-14)15-9-13(16(17,18)19)6-5-12(15)3/h5-6,9,11,14,20H,4,7-8,10H2,1-3H3. The van der Waals surface area contributed by atoms with Gasteiger partial charge in [0.05, 0.1) is 5.56 Å². The lowest BCUT2D eigenvalue weighted by Gasteiger charge is -2.38. The molecule has 0 aliphatic carbocycles. The number of hydrogen-bond donors (Lipinski definition) is 1. The maximum Gasteiger partial charge on any atom is 0.416 e. The highest BCUT2D eigenvalue weighted by Crippen LogP contribution is 2.33. The zero-order chi connectivity index (χ0) is 15.6. The fraction of sp³-hybridized carbons (Fsp3) is 0.625. The van der Waals surface area contributed by atoms with E-state index in [2.05, 4.69) is 24.1 Å². The molecule has 1 N–H and O–H groups in total. The third-order valence-corrected chi connectivity index (χ3v) is 4.41. The SMILES string of the molecule is CCC(C)C1CN(c2cc(C(F)(F)F)ccc2C)CCN1. The first-order valence-electron chi connectivity index (χ1n) is 7.49. The molecule has 1 heterocycles. The fourth-order valence-electron chi connectivity index (χ4n) is 2.79. The van der Waals surface area contributed by atoms with E-state index in [1.807, 2.05) is 6.92 Å². The highest BCUT2D eigenvalue weighted by atomic mass is 19.4. The van der Waals surface area contributed by atoms with Crippen LogP contribution in [0.4, 0.5) is 18.9 Å². The topological polar surface area (TPSA) is 15.3 Å². The summed E-state index contributed by atoms with van der Waals surface area (Å²) in [5, 5.41) is 3.47. The molecule has 5 heteroatoms. The predicted octanol–water partition coefficient (Wildman–Crippen LogP) is 3.84. The number of benzene rings is 1. The van der Waals surface area contributed by atoms with Crippen molar-refractivity contribution in [2.24, 2.45) is 5.92 Å². The van der Waals surface area contributed by atoms with E-state index in [1.54, 1.807) is 6.07 Å². The van der Waals surface area contributed by atoms with Crippen molar-refractivity contribution >= 4 is 5.69 Å². The molecule has 0 amide bonds. The number of nitrogens with one attached hydrogen (secondary N) is 1. The first kappa shape index (κ1) is 16.1. The Hall–Kier alpha value is -1.23. The first-order valence-corrected chi connectivity index (χ1v) is 7.49. The molecule has 1 aromatic carbocycles. The molecule has 2 atom stereocenters. The second-order valence-electron chi connectivity index (χ2n) is 5.89. The van der Waals surface area contributed by atoms with E-state index in [1.165, 1.54) is 6.07 Å². The maximum atomic E-state index is 12.9. The van der Waals surface area contributed by atoms with Gasteiger partial charge in [0.25, 0.3) is 0 Å². The molecule has 2 unspecified atom stereocenters. The summed E-state index contributed by atoms with van der Waals surface area (Å²) in [7, 11) is 0. The van der Waals surface area contributed by atoms with Crippen LogP contribution in [0.2, 0.25) is 0 Å². The lowest BCUT2D eigenvalue weighted by molar-refractivity contribution is -0.137. The van der Waals surface area contributed by atoms with E-state index in [4.69, 9.17) is 0 Å². The van der Waals surface area contributed by atoms with Gasteiger partial charge in [-0.15, -0.1) is 0 Å². The summed E-state index contributed by atoms with van der Waals surface area (Å²) in [5.41, 5.74) is 1.04. The van der Waals surface area contributed by atoms with Gasteiger partial charge in [-0.2, -0.15) is 13.2 Å². The minimum absolute atomic E-state index is 0.331. The molecule has 0 radical (unpaired) electrons. The zero-order valence-corrected chi connectivity index (χ0v) is 12.8. The van der Waals surface area contributed by atoms with Crippen molar-refractivity contribution in [2.45, 2.75) is 39.4 Å². The Labute approximate surface area is 124 Å². The Morgan fingerprint density at radius 1 is 1.38 bits per heavy atom. The molecule has 2 rings (SSSR count). The average molecular weight is 300 g/mol. The van der Waals surface area contributed by atoms with Crippen molar-refractivity contribution in [3.63, 3.8) is 0 Å². The van der Waals surface area contributed by atoms with Crippen molar-refractivity contribution in [3.05, 3.63) is 29.3 Å². The third-order valence-electron chi connectivity index (χ3n) is 4.41. The van der Waals surface area contributed by atoms with Gasteiger partial charge in [0.1, 0.15) is 0 Å². The van der Waals surface area contributed by atoms with Gasteiger partial charge >= 0.3 is 6.18 Å². The number of halogens is 3. The maximum absolute atomic E-state index is 12.9. The Morgan fingerprint density at radius 2 is 2.10 bits per heavy atom. The first-order chi connectivity index (χ1) is 9.82. The van der Waals surface area contributed by atoms with Gasteiger partial charge in [0, 0.05) is 31.4 Å². The smallest absolute Gasteiger partial charge is 0.368 e. The Bertz CT molecular complexity index is 485. The highest BCUT2D eigenvalue weighted by molar-refractivity contribution is 5.56. The zero-order valence-electron chi connectivity index (χ0n) is 12.8. The molecular weight excluding hydrogens is 277 g/mol. The molecule has 21 heavy (non-hydrogen) atoms. The number of piperazine rings is 1. The quantitative estimate of drug-likeness (QED) is 0.912. The van der Waals surface area contributed by atoms with Crippen molar-refractivity contribution in [1.29, 1.82) is 0 Å². The van der Waals surface area contributed by atoms with Crippen LogP contribution < -0.4 is 10.2 Å². The monoisotopic (exact) mass is 300 g/mol. The summed E-state index contributed by atoms with van der Waals surface area (Å²) < 4.78 is 38.7. The molecule has 2 nitrogen and oxygen atoms in total. The van der Waals surface area contributed by atoms with Crippen LogP contribution in [0.1, 0.15) is 31.4 Å². The minimum Gasteiger partial charge on any atom is -0.368 e. The average Bonchev–Trinajstić information content (AvgIpc) is 2.45. The number of nitrogens with zero attached hydrogens (tertiary/aromatic N) is 1. The number of anilines is 1. The summed E-state index contributed by atoms with van der Waals surface area (Å²) in [4.78, 5) is 2.08.